The Morgan fingerprint density at radius 1 is 1.11 bits per heavy atom. The SMILES string of the molecule is CNC(c1cscc1C)c1cccc2cccnc12. The predicted molar refractivity (Wildman–Crippen MR) is 81.7 cm³/mol. The van der Waals surface area contributed by atoms with Crippen LogP contribution in [0.1, 0.15) is 22.7 Å². The zero-order chi connectivity index (χ0) is 13.2. The third kappa shape index (κ3) is 2.15. The molecule has 0 saturated carbocycles. The lowest BCUT2D eigenvalue weighted by molar-refractivity contribution is 0.694. The number of thiophene rings is 1. The highest BCUT2D eigenvalue weighted by atomic mass is 32.1. The van der Waals surface area contributed by atoms with Gasteiger partial charge in [-0.1, -0.05) is 24.3 Å². The molecule has 19 heavy (non-hydrogen) atoms. The number of rotatable bonds is 3. The van der Waals surface area contributed by atoms with Gasteiger partial charge in [-0.05, 0) is 47.5 Å². The van der Waals surface area contributed by atoms with Crippen molar-refractivity contribution in [2.45, 2.75) is 13.0 Å². The molecule has 96 valence electrons. The van der Waals surface area contributed by atoms with E-state index in [0.717, 1.165) is 5.52 Å². The van der Waals surface area contributed by atoms with Gasteiger partial charge in [0.1, 0.15) is 0 Å². The van der Waals surface area contributed by atoms with Crippen LogP contribution < -0.4 is 5.32 Å². The van der Waals surface area contributed by atoms with Crippen molar-refractivity contribution >= 4 is 22.2 Å². The largest absolute Gasteiger partial charge is 0.309 e. The van der Waals surface area contributed by atoms with E-state index < -0.39 is 0 Å². The van der Waals surface area contributed by atoms with E-state index in [9.17, 15) is 0 Å². The van der Waals surface area contributed by atoms with Gasteiger partial charge in [0.15, 0.2) is 0 Å². The summed E-state index contributed by atoms with van der Waals surface area (Å²) in [7, 11) is 2.00. The standard InChI is InChI=1S/C16H16N2S/c1-11-9-19-10-14(11)16(17-2)13-7-3-5-12-6-4-8-18-15(12)13/h3-10,16-17H,1-2H3. The van der Waals surface area contributed by atoms with E-state index in [1.807, 2.05) is 19.3 Å². The highest BCUT2D eigenvalue weighted by Gasteiger charge is 2.17. The fourth-order valence-electron chi connectivity index (χ4n) is 2.51. The highest BCUT2D eigenvalue weighted by Crippen LogP contribution is 2.30. The first-order valence-electron chi connectivity index (χ1n) is 6.35. The Hall–Kier alpha value is -1.71. The van der Waals surface area contributed by atoms with Crippen LogP contribution in [0.2, 0.25) is 0 Å². The first-order chi connectivity index (χ1) is 9.31. The van der Waals surface area contributed by atoms with Gasteiger partial charge >= 0.3 is 0 Å². The zero-order valence-electron chi connectivity index (χ0n) is 11.1. The summed E-state index contributed by atoms with van der Waals surface area (Å²) in [4.78, 5) is 4.55. The van der Waals surface area contributed by atoms with Crippen LogP contribution >= 0.6 is 11.3 Å². The summed E-state index contributed by atoms with van der Waals surface area (Å²) in [5, 5.41) is 9.02. The van der Waals surface area contributed by atoms with Gasteiger partial charge in [-0.2, -0.15) is 11.3 Å². The van der Waals surface area contributed by atoms with E-state index >= 15 is 0 Å². The van der Waals surface area contributed by atoms with Gasteiger partial charge < -0.3 is 5.32 Å². The maximum Gasteiger partial charge on any atom is 0.0753 e. The second-order valence-electron chi connectivity index (χ2n) is 4.65. The maximum atomic E-state index is 4.55. The molecule has 2 nitrogen and oxygen atoms in total. The van der Waals surface area contributed by atoms with Crippen LogP contribution in [0.25, 0.3) is 10.9 Å². The van der Waals surface area contributed by atoms with E-state index in [1.54, 1.807) is 11.3 Å². The van der Waals surface area contributed by atoms with Crippen LogP contribution in [-0.4, -0.2) is 12.0 Å². The molecule has 3 heteroatoms. The minimum Gasteiger partial charge on any atom is -0.309 e. The second kappa shape index (κ2) is 5.11. The van der Waals surface area contributed by atoms with Gasteiger partial charge in [-0.15, -0.1) is 0 Å². The van der Waals surface area contributed by atoms with E-state index in [2.05, 4.69) is 52.3 Å². The Bertz CT molecular complexity index is 697. The molecule has 0 radical (unpaired) electrons. The predicted octanol–water partition coefficient (Wildman–Crippen LogP) is 3.91. The average Bonchev–Trinajstić information content (AvgIpc) is 2.86. The Balaban J connectivity index is 2.20. The molecule has 1 aromatic carbocycles. The third-order valence-electron chi connectivity index (χ3n) is 3.47. The van der Waals surface area contributed by atoms with Crippen molar-refractivity contribution in [3.8, 4) is 0 Å². The van der Waals surface area contributed by atoms with Gasteiger partial charge in [0.25, 0.3) is 0 Å². The first-order valence-corrected chi connectivity index (χ1v) is 7.29. The number of pyridine rings is 1. The summed E-state index contributed by atoms with van der Waals surface area (Å²) in [5.74, 6) is 0. The lowest BCUT2D eigenvalue weighted by Gasteiger charge is -2.18. The minimum absolute atomic E-state index is 0.199. The fraction of sp³-hybridized carbons (Fsp3) is 0.188. The van der Waals surface area contributed by atoms with E-state index in [-0.39, 0.29) is 6.04 Å². The van der Waals surface area contributed by atoms with Crippen molar-refractivity contribution in [1.82, 2.24) is 10.3 Å². The number of aryl methyl sites for hydroxylation is 1. The summed E-state index contributed by atoms with van der Waals surface area (Å²) in [5.41, 5.74) is 4.99. The topological polar surface area (TPSA) is 24.9 Å². The quantitative estimate of drug-likeness (QED) is 0.779. The van der Waals surface area contributed by atoms with Crippen molar-refractivity contribution in [2.75, 3.05) is 7.05 Å². The van der Waals surface area contributed by atoms with Crippen LogP contribution in [0.3, 0.4) is 0 Å². The molecule has 3 aromatic rings. The van der Waals surface area contributed by atoms with Crippen molar-refractivity contribution in [3.05, 3.63) is 64.0 Å². The number of fused-ring (bicyclic) bond motifs is 1. The van der Waals surface area contributed by atoms with Crippen LogP contribution in [0.5, 0.6) is 0 Å². The Morgan fingerprint density at radius 3 is 2.68 bits per heavy atom. The summed E-state index contributed by atoms with van der Waals surface area (Å²) >= 11 is 1.75. The Kier molecular flexibility index (Phi) is 3.32. The fourth-order valence-corrected chi connectivity index (χ4v) is 3.38. The van der Waals surface area contributed by atoms with Gasteiger partial charge in [0, 0.05) is 11.6 Å². The van der Waals surface area contributed by atoms with Crippen LogP contribution in [0.15, 0.2) is 47.3 Å². The third-order valence-corrected chi connectivity index (χ3v) is 4.35. The molecular weight excluding hydrogens is 252 g/mol. The van der Waals surface area contributed by atoms with Crippen LogP contribution in [0.4, 0.5) is 0 Å². The van der Waals surface area contributed by atoms with Gasteiger partial charge in [0.2, 0.25) is 0 Å². The first kappa shape index (κ1) is 12.3. The number of nitrogens with one attached hydrogen (secondary N) is 1. The van der Waals surface area contributed by atoms with E-state index in [4.69, 9.17) is 0 Å². The summed E-state index contributed by atoms with van der Waals surface area (Å²) < 4.78 is 0. The zero-order valence-corrected chi connectivity index (χ0v) is 11.9. The molecule has 0 fully saturated rings. The van der Waals surface area contributed by atoms with Crippen molar-refractivity contribution in [1.29, 1.82) is 0 Å². The molecule has 2 aromatic heterocycles. The summed E-state index contributed by atoms with van der Waals surface area (Å²) in [6.07, 6.45) is 1.86. The number of aromatic nitrogens is 1. The molecule has 0 bridgehead atoms. The summed E-state index contributed by atoms with van der Waals surface area (Å²) in [6.45, 7) is 2.16. The molecule has 0 saturated heterocycles. The smallest absolute Gasteiger partial charge is 0.0753 e. The van der Waals surface area contributed by atoms with E-state index in [1.165, 1.54) is 22.1 Å². The Morgan fingerprint density at radius 2 is 1.95 bits per heavy atom. The molecule has 2 heterocycles. The van der Waals surface area contributed by atoms with Crippen molar-refractivity contribution < 1.29 is 0 Å². The van der Waals surface area contributed by atoms with Crippen molar-refractivity contribution in [2.24, 2.45) is 0 Å². The van der Waals surface area contributed by atoms with Crippen LogP contribution in [0, 0.1) is 6.92 Å². The molecule has 0 aliphatic heterocycles. The van der Waals surface area contributed by atoms with Gasteiger partial charge in [0.05, 0.1) is 11.6 Å². The lowest BCUT2D eigenvalue weighted by atomic mass is 9.96. The average molecular weight is 268 g/mol. The molecule has 0 amide bonds. The molecular formula is C16H16N2S. The number of hydrogen-bond donors (Lipinski definition) is 1. The molecule has 1 N–H and O–H groups in total. The number of benzene rings is 1. The molecule has 3 rings (SSSR count). The Labute approximate surface area is 117 Å². The molecule has 0 spiro atoms. The van der Waals surface area contributed by atoms with Crippen LogP contribution in [-0.2, 0) is 0 Å². The number of para-hydroxylation sites is 1. The lowest BCUT2D eigenvalue weighted by Crippen LogP contribution is -2.18. The summed E-state index contributed by atoms with van der Waals surface area (Å²) in [6, 6.07) is 10.7. The molecule has 1 atom stereocenters. The number of hydrogen-bond acceptors (Lipinski definition) is 3. The molecule has 0 aliphatic rings. The van der Waals surface area contributed by atoms with Crippen molar-refractivity contribution in [3.63, 3.8) is 0 Å². The van der Waals surface area contributed by atoms with Gasteiger partial charge in [-0.3, -0.25) is 4.98 Å². The van der Waals surface area contributed by atoms with Gasteiger partial charge in [-0.25, -0.2) is 0 Å². The van der Waals surface area contributed by atoms with E-state index in [0.29, 0.717) is 0 Å². The maximum absolute atomic E-state index is 4.55. The minimum atomic E-state index is 0.199. The molecule has 1 unspecified atom stereocenters. The monoisotopic (exact) mass is 268 g/mol. The number of nitrogens with zero attached hydrogens (tertiary/aromatic N) is 1. The highest BCUT2D eigenvalue weighted by molar-refractivity contribution is 7.08. The second-order valence-corrected chi connectivity index (χ2v) is 5.40. The normalized spacial score (nSPS) is 12.7. The molecule has 0 aliphatic carbocycles.